The minimum atomic E-state index is -0.393. The lowest BCUT2D eigenvalue weighted by Crippen LogP contribution is -2.37. The molecule has 0 amide bonds. The molecule has 0 radical (unpaired) electrons. The number of hydrogen-bond acceptors (Lipinski definition) is 10. The zero-order valence-corrected chi connectivity index (χ0v) is 17.9. The average molecular weight is 436 g/mol. The zero-order chi connectivity index (χ0) is 22.3. The van der Waals surface area contributed by atoms with Gasteiger partial charge in [-0.25, -0.2) is 4.79 Å². The number of nitrogens with one attached hydrogen (secondary N) is 2. The molecule has 4 rings (SSSR count). The molecule has 3 aromatic rings. The Labute approximate surface area is 185 Å². The number of nitrogens with zero attached hydrogens (tertiary/aromatic N) is 4. The first kappa shape index (κ1) is 21.3. The van der Waals surface area contributed by atoms with Gasteiger partial charge >= 0.3 is 5.97 Å². The molecule has 1 fully saturated rings. The number of morpholine rings is 1. The zero-order valence-electron chi connectivity index (χ0n) is 17.9. The number of carbonyl (C=O) groups excluding carboxylic acids is 1. The van der Waals surface area contributed by atoms with Crippen molar-refractivity contribution >= 4 is 35.2 Å². The van der Waals surface area contributed by atoms with Gasteiger partial charge in [-0.05, 0) is 36.4 Å². The topological polar surface area (TPSA) is 111 Å². The number of hydrogen-bond donors (Lipinski definition) is 2. The Morgan fingerprint density at radius 1 is 0.938 bits per heavy atom. The SMILES string of the molecule is COC(=O)c1ccc(Nc2nc(Nc3cccc(OC)c3)nc(N3CCOCC3)n2)cc1. The van der Waals surface area contributed by atoms with E-state index in [0.717, 1.165) is 17.1 Å². The molecule has 2 aromatic carbocycles. The van der Waals surface area contributed by atoms with Gasteiger partial charge in [0, 0.05) is 30.5 Å². The maximum atomic E-state index is 11.7. The van der Waals surface area contributed by atoms with Gasteiger partial charge in [-0.1, -0.05) is 6.07 Å². The molecule has 32 heavy (non-hydrogen) atoms. The van der Waals surface area contributed by atoms with Crippen LogP contribution in [0.2, 0.25) is 0 Å². The van der Waals surface area contributed by atoms with Gasteiger partial charge < -0.3 is 29.7 Å². The van der Waals surface area contributed by atoms with Crippen molar-refractivity contribution in [2.24, 2.45) is 0 Å². The second-order valence-corrected chi connectivity index (χ2v) is 6.93. The Balaban J connectivity index is 1.61. The van der Waals surface area contributed by atoms with Gasteiger partial charge in [-0.2, -0.15) is 15.0 Å². The number of esters is 1. The predicted molar refractivity (Wildman–Crippen MR) is 120 cm³/mol. The summed E-state index contributed by atoms with van der Waals surface area (Å²) in [6.45, 7) is 2.61. The molecule has 0 unspecified atom stereocenters. The van der Waals surface area contributed by atoms with E-state index in [0.29, 0.717) is 49.7 Å². The molecule has 1 aromatic heterocycles. The summed E-state index contributed by atoms with van der Waals surface area (Å²) in [6.07, 6.45) is 0. The van der Waals surface area contributed by atoms with Crippen molar-refractivity contribution in [1.82, 2.24) is 15.0 Å². The van der Waals surface area contributed by atoms with E-state index < -0.39 is 5.97 Å². The number of methoxy groups -OCH3 is 2. The van der Waals surface area contributed by atoms with Gasteiger partial charge in [0.05, 0.1) is 33.0 Å². The van der Waals surface area contributed by atoms with Crippen LogP contribution in [0.3, 0.4) is 0 Å². The van der Waals surface area contributed by atoms with Crippen molar-refractivity contribution in [2.75, 3.05) is 56.1 Å². The van der Waals surface area contributed by atoms with Crippen LogP contribution in [0, 0.1) is 0 Å². The molecule has 10 nitrogen and oxygen atoms in total. The van der Waals surface area contributed by atoms with Gasteiger partial charge in [0.2, 0.25) is 17.8 Å². The molecular weight excluding hydrogens is 412 g/mol. The molecule has 10 heteroatoms. The van der Waals surface area contributed by atoms with E-state index >= 15 is 0 Å². The van der Waals surface area contributed by atoms with Crippen molar-refractivity contribution in [3.05, 3.63) is 54.1 Å². The first-order chi connectivity index (χ1) is 15.6. The molecule has 0 spiro atoms. The Bertz CT molecular complexity index is 1070. The summed E-state index contributed by atoms with van der Waals surface area (Å²) in [4.78, 5) is 27.4. The summed E-state index contributed by atoms with van der Waals surface area (Å²) in [5, 5.41) is 6.39. The van der Waals surface area contributed by atoms with Gasteiger partial charge in [0.1, 0.15) is 5.75 Å². The molecule has 1 saturated heterocycles. The summed E-state index contributed by atoms with van der Waals surface area (Å²) >= 11 is 0. The number of carbonyl (C=O) groups is 1. The molecule has 1 aliphatic heterocycles. The van der Waals surface area contributed by atoms with Crippen LogP contribution in [0.5, 0.6) is 5.75 Å². The van der Waals surface area contributed by atoms with E-state index in [4.69, 9.17) is 14.2 Å². The van der Waals surface area contributed by atoms with Crippen molar-refractivity contribution < 1.29 is 19.0 Å². The highest BCUT2D eigenvalue weighted by molar-refractivity contribution is 5.89. The van der Waals surface area contributed by atoms with Crippen molar-refractivity contribution in [3.8, 4) is 5.75 Å². The third-order valence-electron chi connectivity index (χ3n) is 4.81. The Morgan fingerprint density at radius 3 is 2.28 bits per heavy atom. The van der Waals surface area contributed by atoms with Crippen LogP contribution < -0.4 is 20.3 Å². The molecule has 166 valence electrons. The molecule has 2 heterocycles. The van der Waals surface area contributed by atoms with Crippen LogP contribution in [0.1, 0.15) is 10.4 Å². The summed E-state index contributed by atoms with van der Waals surface area (Å²) in [6, 6.07) is 14.4. The first-order valence-electron chi connectivity index (χ1n) is 10.1. The van der Waals surface area contributed by atoms with E-state index in [-0.39, 0.29) is 0 Å². The third-order valence-corrected chi connectivity index (χ3v) is 4.81. The van der Waals surface area contributed by atoms with Crippen LogP contribution >= 0.6 is 0 Å². The molecule has 0 atom stereocenters. The minimum absolute atomic E-state index is 0.373. The number of benzene rings is 2. The quantitative estimate of drug-likeness (QED) is 0.536. The Hall–Kier alpha value is -3.92. The van der Waals surface area contributed by atoms with Crippen LogP contribution in [-0.2, 0) is 9.47 Å². The van der Waals surface area contributed by atoms with E-state index in [1.807, 2.05) is 29.2 Å². The molecule has 2 N–H and O–H groups in total. The molecular formula is C22H24N6O4. The smallest absolute Gasteiger partial charge is 0.337 e. The van der Waals surface area contributed by atoms with E-state index in [2.05, 4.69) is 25.6 Å². The maximum Gasteiger partial charge on any atom is 0.337 e. The standard InChI is InChI=1S/C22H24N6O4/c1-30-18-5-3-4-17(14-18)24-21-25-20(26-22(27-21)28-10-12-32-13-11-28)23-16-8-6-15(7-9-16)19(29)31-2/h3-9,14H,10-13H2,1-2H3,(H2,23,24,25,26,27). The van der Waals surface area contributed by atoms with Crippen molar-refractivity contribution in [1.29, 1.82) is 0 Å². The molecule has 1 aliphatic rings. The molecule has 0 saturated carbocycles. The van der Waals surface area contributed by atoms with Gasteiger partial charge in [-0.15, -0.1) is 0 Å². The lowest BCUT2D eigenvalue weighted by molar-refractivity contribution is 0.0600. The van der Waals surface area contributed by atoms with E-state index in [9.17, 15) is 4.79 Å². The highest BCUT2D eigenvalue weighted by Crippen LogP contribution is 2.23. The Morgan fingerprint density at radius 2 is 1.62 bits per heavy atom. The minimum Gasteiger partial charge on any atom is -0.497 e. The van der Waals surface area contributed by atoms with E-state index in [1.54, 1.807) is 31.4 Å². The first-order valence-corrected chi connectivity index (χ1v) is 10.1. The summed E-state index contributed by atoms with van der Waals surface area (Å²) in [5.74, 6) is 1.64. The average Bonchev–Trinajstić information content (AvgIpc) is 2.84. The Kier molecular flexibility index (Phi) is 6.61. The normalized spacial score (nSPS) is 13.4. The van der Waals surface area contributed by atoms with Crippen LogP contribution in [0.25, 0.3) is 0 Å². The van der Waals surface area contributed by atoms with Crippen LogP contribution in [-0.4, -0.2) is 61.4 Å². The lowest BCUT2D eigenvalue weighted by atomic mass is 10.2. The maximum absolute atomic E-state index is 11.7. The molecule has 0 bridgehead atoms. The van der Waals surface area contributed by atoms with Crippen molar-refractivity contribution in [2.45, 2.75) is 0 Å². The van der Waals surface area contributed by atoms with Crippen LogP contribution in [0.4, 0.5) is 29.2 Å². The monoisotopic (exact) mass is 436 g/mol. The second-order valence-electron chi connectivity index (χ2n) is 6.93. The fourth-order valence-corrected chi connectivity index (χ4v) is 3.15. The van der Waals surface area contributed by atoms with Gasteiger partial charge in [0.15, 0.2) is 0 Å². The summed E-state index contributed by atoms with van der Waals surface area (Å²) < 4.78 is 15.5. The summed E-state index contributed by atoms with van der Waals surface area (Å²) in [7, 11) is 2.97. The summed E-state index contributed by atoms with van der Waals surface area (Å²) in [5.41, 5.74) is 1.98. The largest absolute Gasteiger partial charge is 0.497 e. The fraction of sp³-hybridized carbons (Fsp3) is 0.273. The number of anilines is 5. The highest BCUT2D eigenvalue weighted by Gasteiger charge is 2.17. The van der Waals surface area contributed by atoms with Crippen molar-refractivity contribution in [3.63, 3.8) is 0 Å². The fourth-order valence-electron chi connectivity index (χ4n) is 3.15. The highest BCUT2D eigenvalue weighted by atomic mass is 16.5. The third kappa shape index (κ3) is 5.22. The van der Waals surface area contributed by atoms with E-state index in [1.165, 1.54) is 7.11 Å². The van der Waals surface area contributed by atoms with Gasteiger partial charge in [-0.3, -0.25) is 0 Å². The number of ether oxygens (including phenoxy) is 3. The number of aromatic nitrogens is 3. The predicted octanol–water partition coefficient (Wildman–Crippen LogP) is 2.99. The molecule has 0 aliphatic carbocycles. The second kappa shape index (κ2) is 9.92. The van der Waals surface area contributed by atoms with Crippen LogP contribution in [0.15, 0.2) is 48.5 Å². The lowest BCUT2D eigenvalue weighted by Gasteiger charge is -2.27. The number of rotatable bonds is 7. The van der Waals surface area contributed by atoms with Gasteiger partial charge in [0.25, 0.3) is 0 Å².